The molecule has 5 rings (SSSR count). The number of carbonyl (C=O) groups is 1. The van der Waals surface area contributed by atoms with E-state index < -0.39 is 17.2 Å². The van der Waals surface area contributed by atoms with Gasteiger partial charge in [0.2, 0.25) is 5.91 Å². The number of carbonyl (C=O) groups excluding carboxylic acids is 1. The van der Waals surface area contributed by atoms with Crippen LogP contribution in [-0.2, 0) is 4.79 Å². The maximum atomic E-state index is 13.5. The van der Waals surface area contributed by atoms with Crippen LogP contribution in [0.1, 0.15) is 52.4 Å². The van der Waals surface area contributed by atoms with Gasteiger partial charge in [0.1, 0.15) is 17.5 Å². The van der Waals surface area contributed by atoms with Crippen molar-refractivity contribution in [2.75, 3.05) is 6.54 Å². The summed E-state index contributed by atoms with van der Waals surface area (Å²) in [5, 5.41) is 13.0. The van der Waals surface area contributed by atoms with Crippen LogP contribution in [0.3, 0.4) is 0 Å². The number of aromatic nitrogens is 1. The maximum absolute atomic E-state index is 13.5. The molecule has 33 heavy (non-hydrogen) atoms. The molecule has 0 spiro atoms. The summed E-state index contributed by atoms with van der Waals surface area (Å²) in [6.45, 7) is 4.46. The first-order valence-corrected chi connectivity index (χ1v) is 11.6. The largest absolute Gasteiger partial charge is 0.388 e. The molecule has 1 amide bonds. The van der Waals surface area contributed by atoms with Crippen molar-refractivity contribution < 1.29 is 23.1 Å². The molecule has 0 saturated heterocycles. The van der Waals surface area contributed by atoms with E-state index in [1.807, 2.05) is 13.8 Å². The highest BCUT2D eigenvalue weighted by atomic mass is 19.1. The van der Waals surface area contributed by atoms with E-state index in [1.165, 1.54) is 24.6 Å². The Morgan fingerprint density at radius 3 is 2.24 bits per heavy atom. The topological polar surface area (TPSA) is 65.1 Å². The Labute approximate surface area is 192 Å². The molecule has 2 saturated carbocycles. The van der Waals surface area contributed by atoms with Crippen LogP contribution in [0.5, 0.6) is 0 Å². The molecule has 0 atom stereocenters. The first kappa shape index (κ1) is 24.8. The van der Waals surface area contributed by atoms with Gasteiger partial charge < -0.3 is 15.4 Å². The Kier molecular flexibility index (Phi) is 8.19. The molecule has 3 N–H and O–H groups in total. The molecular weight excluding hydrogens is 429 g/mol. The van der Waals surface area contributed by atoms with Crippen LogP contribution in [0.15, 0.2) is 42.5 Å². The van der Waals surface area contributed by atoms with Gasteiger partial charge in [0.05, 0.1) is 11.1 Å². The lowest BCUT2D eigenvalue weighted by atomic mass is 9.79. The highest BCUT2D eigenvalue weighted by Crippen LogP contribution is 2.31. The lowest BCUT2D eigenvalue weighted by Crippen LogP contribution is -2.49. The first-order chi connectivity index (χ1) is 15.8. The summed E-state index contributed by atoms with van der Waals surface area (Å²) in [4.78, 5) is 14.3. The Balaban J connectivity index is 0.000000181. The highest BCUT2D eigenvalue weighted by molar-refractivity contribution is 5.86. The smallest absolute Gasteiger partial charge is 0.223 e. The van der Waals surface area contributed by atoms with Gasteiger partial charge in [0.25, 0.3) is 0 Å². The fraction of sp³-hybridized carbons (Fsp3) is 0.423. The van der Waals surface area contributed by atoms with Gasteiger partial charge >= 0.3 is 0 Å². The first-order valence-electron chi connectivity index (χ1n) is 11.6. The van der Waals surface area contributed by atoms with Crippen LogP contribution < -0.4 is 5.32 Å². The number of aromatic amines is 1. The molecule has 3 aromatic rings. The highest BCUT2D eigenvalue weighted by Gasteiger charge is 2.35. The molecule has 7 heteroatoms. The molecular formula is C26H31F3N2O2. The van der Waals surface area contributed by atoms with E-state index in [2.05, 4.69) is 10.3 Å². The zero-order valence-corrected chi connectivity index (χ0v) is 19.1. The molecule has 0 bridgehead atoms. The normalized spacial score (nSPS) is 16.4. The number of H-pyrrole nitrogens is 1. The van der Waals surface area contributed by atoms with Gasteiger partial charge in [-0.25, -0.2) is 13.2 Å². The van der Waals surface area contributed by atoms with E-state index in [9.17, 15) is 23.1 Å². The maximum Gasteiger partial charge on any atom is 0.223 e. The number of fused-ring (bicyclic) bond motifs is 1. The number of amides is 1. The summed E-state index contributed by atoms with van der Waals surface area (Å²) in [6.07, 6.45) is 6.03. The van der Waals surface area contributed by atoms with E-state index >= 15 is 0 Å². The number of nitrogens with one attached hydrogen (secondary N) is 2. The van der Waals surface area contributed by atoms with Gasteiger partial charge in [-0.1, -0.05) is 20.3 Å². The predicted molar refractivity (Wildman–Crippen MR) is 124 cm³/mol. The molecule has 1 heterocycles. The second-order valence-electron chi connectivity index (χ2n) is 8.47. The van der Waals surface area contributed by atoms with Crippen molar-refractivity contribution in [3.05, 3.63) is 59.9 Å². The van der Waals surface area contributed by atoms with Gasteiger partial charge in [0, 0.05) is 29.6 Å². The average molecular weight is 461 g/mol. The minimum atomic E-state index is -0.640. The molecule has 0 radical (unpaired) electrons. The van der Waals surface area contributed by atoms with E-state index in [1.54, 1.807) is 18.2 Å². The van der Waals surface area contributed by atoms with Gasteiger partial charge in [-0.2, -0.15) is 0 Å². The van der Waals surface area contributed by atoms with E-state index in [0.29, 0.717) is 23.2 Å². The summed E-state index contributed by atoms with van der Waals surface area (Å²) in [5.74, 6) is -1.22. The Morgan fingerprint density at radius 2 is 1.70 bits per heavy atom. The molecule has 0 unspecified atom stereocenters. The molecule has 1 aromatic heterocycles. The Bertz CT molecular complexity index is 1070. The summed E-state index contributed by atoms with van der Waals surface area (Å²) in [5.41, 5.74) is 1.01. The van der Waals surface area contributed by atoms with Crippen molar-refractivity contribution in [2.24, 2.45) is 5.92 Å². The van der Waals surface area contributed by atoms with Gasteiger partial charge in [-0.15, -0.1) is 0 Å². The molecule has 2 aromatic carbocycles. The van der Waals surface area contributed by atoms with Gasteiger partial charge in [-0.05, 0) is 74.1 Å². The van der Waals surface area contributed by atoms with E-state index in [-0.39, 0.29) is 23.2 Å². The second kappa shape index (κ2) is 10.9. The number of hydrogen-bond donors (Lipinski definition) is 3. The zero-order chi connectivity index (χ0) is 24.0. The van der Waals surface area contributed by atoms with Crippen LogP contribution in [0, 0.1) is 23.4 Å². The third-order valence-corrected chi connectivity index (χ3v) is 6.15. The number of halogens is 3. The second-order valence-corrected chi connectivity index (χ2v) is 8.47. The molecule has 2 aliphatic rings. The monoisotopic (exact) mass is 460 g/mol. The minimum absolute atomic E-state index is 0.145. The molecule has 178 valence electrons. The Morgan fingerprint density at radius 1 is 1.03 bits per heavy atom. The molecule has 4 nitrogen and oxygen atoms in total. The lowest BCUT2D eigenvalue weighted by molar-refractivity contribution is -0.129. The number of benzene rings is 2. The number of aliphatic hydroxyl groups is 1. The Hall–Kier alpha value is -2.80. The quantitative estimate of drug-likeness (QED) is 0.441. The van der Waals surface area contributed by atoms with Crippen LogP contribution in [0.25, 0.3) is 22.2 Å². The van der Waals surface area contributed by atoms with Crippen molar-refractivity contribution in [1.29, 1.82) is 0 Å². The van der Waals surface area contributed by atoms with Crippen molar-refractivity contribution in [3.63, 3.8) is 0 Å². The average Bonchev–Trinajstić information content (AvgIpc) is 3.16. The molecule has 0 aliphatic heterocycles. The lowest BCUT2D eigenvalue weighted by Gasteiger charge is -2.37. The summed E-state index contributed by atoms with van der Waals surface area (Å²) < 4.78 is 39.4. The van der Waals surface area contributed by atoms with Gasteiger partial charge in [-0.3, -0.25) is 4.79 Å². The standard InChI is InChI=1S/C14H8F3N.C10H17NO2.C2H6/c15-10-3-1-8(2-4-10)13-6-9-5-11(16)7-12(17)14(9)18-13;12-9(8-3-1-4-8)11-7-10(13)5-2-6-10;1-2/h1-7,18H;8,13H,1-7H2,(H,11,12);1-2H3. The van der Waals surface area contributed by atoms with Gasteiger partial charge in [0.15, 0.2) is 0 Å². The summed E-state index contributed by atoms with van der Waals surface area (Å²) in [7, 11) is 0. The minimum Gasteiger partial charge on any atom is -0.388 e. The van der Waals surface area contributed by atoms with Crippen LogP contribution in [0.2, 0.25) is 0 Å². The fourth-order valence-electron chi connectivity index (χ4n) is 3.78. The summed E-state index contributed by atoms with van der Waals surface area (Å²) in [6, 6.07) is 9.50. The fourth-order valence-corrected chi connectivity index (χ4v) is 3.78. The van der Waals surface area contributed by atoms with Crippen molar-refractivity contribution in [1.82, 2.24) is 10.3 Å². The number of hydrogen-bond acceptors (Lipinski definition) is 2. The molecule has 2 aliphatic carbocycles. The van der Waals surface area contributed by atoms with Crippen LogP contribution in [-0.4, -0.2) is 28.1 Å². The predicted octanol–water partition coefficient (Wildman–Crippen LogP) is 6.10. The van der Waals surface area contributed by atoms with E-state index in [0.717, 1.165) is 38.2 Å². The summed E-state index contributed by atoms with van der Waals surface area (Å²) >= 11 is 0. The number of rotatable bonds is 4. The van der Waals surface area contributed by atoms with Crippen molar-refractivity contribution in [2.45, 2.75) is 58.0 Å². The molecule has 2 fully saturated rings. The van der Waals surface area contributed by atoms with E-state index in [4.69, 9.17) is 0 Å². The van der Waals surface area contributed by atoms with Crippen molar-refractivity contribution in [3.8, 4) is 11.3 Å². The SMILES string of the molecule is CC.Fc1ccc(-c2cc3cc(F)cc(F)c3[nH]2)cc1.O=C(NCC1(O)CCC1)C1CCC1. The van der Waals surface area contributed by atoms with Crippen LogP contribution >= 0.6 is 0 Å². The third-order valence-electron chi connectivity index (χ3n) is 6.15. The van der Waals surface area contributed by atoms with Crippen molar-refractivity contribution >= 4 is 16.8 Å². The zero-order valence-electron chi connectivity index (χ0n) is 19.1. The third kappa shape index (κ3) is 6.16. The van der Waals surface area contributed by atoms with Crippen LogP contribution in [0.4, 0.5) is 13.2 Å².